The summed E-state index contributed by atoms with van der Waals surface area (Å²) in [5.74, 6) is 2.59. The molecule has 0 radical (unpaired) electrons. The average Bonchev–Trinajstić information content (AvgIpc) is 3.39. The minimum atomic E-state index is -0.134. The number of amides is 1. The topological polar surface area (TPSA) is 56.2 Å². The van der Waals surface area contributed by atoms with Crippen LogP contribution in [0, 0.1) is 17.8 Å². The molecule has 1 amide bonds. The maximum atomic E-state index is 12.5. The van der Waals surface area contributed by atoms with Crippen molar-refractivity contribution >= 4 is 29.1 Å². The zero-order chi connectivity index (χ0) is 19.0. The lowest BCUT2D eigenvalue weighted by molar-refractivity contribution is 0.0908. The van der Waals surface area contributed by atoms with Gasteiger partial charge in [-0.1, -0.05) is 35.7 Å². The smallest absolute Gasteiger partial charge is 0.271 e. The van der Waals surface area contributed by atoms with E-state index < -0.39 is 0 Å². The summed E-state index contributed by atoms with van der Waals surface area (Å²) in [6.45, 7) is 2.26. The Balaban J connectivity index is 1.33. The van der Waals surface area contributed by atoms with Gasteiger partial charge in [0.15, 0.2) is 6.73 Å². The number of fused-ring (bicyclic) bond motifs is 2. The fourth-order valence-electron chi connectivity index (χ4n) is 4.58. The second-order valence-corrected chi connectivity index (χ2v) is 8.45. The summed E-state index contributed by atoms with van der Waals surface area (Å²) in [5.41, 5.74) is 0.394. The monoisotopic (exact) mass is 407 g/mol. The van der Waals surface area contributed by atoms with Crippen LogP contribution >= 0.6 is 23.2 Å². The van der Waals surface area contributed by atoms with Crippen molar-refractivity contribution in [1.82, 2.24) is 15.1 Å². The molecule has 1 heterocycles. The third-order valence-corrected chi connectivity index (χ3v) is 6.74. The summed E-state index contributed by atoms with van der Waals surface area (Å²) in [5, 5.41) is 8.24. The molecule has 1 aromatic heterocycles. The quantitative estimate of drug-likeness (QED) is 0.749. The number of rotatable bonds is 6. The van der Waals surface area contributed by atoms with Gasteiger partial charge in [-0.05, 0) is 62.1 Å². The molecule has 0 aliphatic heterocycles. The van der Waals surface area contributed by atoms with E-state index in [1.54, 1.807) is 35.1 Å². The molecular formula is C20H23Cl2N3O2. The Kier molecular flexibility index (Phi) is 5.33. The number of carbonyl (C=O) groups is 1. The molecule has 4 rings (SSSR count). The van der Waals surface area contributed by atoms with E-state index in [0.717, 1.165) is 11.8 Å². The largest absolute Gasteiger partial charge is 0.470 e. The normalized spacial score (nSPS) is 24.8. The van der Waals surface area contributed by atoms with Crippen molar-refractivity contribution in [2.75, 3.05) is 0 Å². The van der Waals surface area contributed by atoms with Crippen molar-refractivity contribution in [3.8, 4) is 5.75 Å². The van der Waals surface area contributed by atoms with Crippen LogP contribution in [0.25, 0.3) is 0 Å². The number of nitrogens with zero attached hydrogens (tertiary/aromatic N) is 2. The molecular weight excluding hydrogens is 385 g/mol. The van der Waals surface area contributed by atoms with Crippen LogP contribution in [-0.2, 0) is 6.73 Å². The van der Waals surface area contributed by atoms with Gasteiger partial charge in [0.05, 0.1) is 5.02 Å². The molecule has 2 fully saturated rings. The zero-order valence-electron chi connectivity index (χ0n) is 15.2. The van der Waals surface area contributed by atoms with Gasteiger partial charge in [-0.3, -0.25) is 4.79 Å². The van der Waals surface area contributed by atoms with E-state index in [0.29, 0.717) is 27.4 Å². The first-order valence-corrected chi connectivity index (χ1v) is 10.2. The van der Waals surface area contributed by atoms with Gasteiger partial charge >= 0.3 is 0 Å². The van der Waals surface area contributed by atoms with Crippen molar-refractivity contribution in [1.29, 1.82) is 0 Å². The second-order valence-electron chi connectivity index (χ2n) is 7.67. The van der Waals surface area contributed by atoms with Gasteiger partial charge in [0.1, 0.15) is 16.5 Å². The number of hydrogen-bond acceptors (Lipinski definition) is 3. The molecule has 1 aromatic carbocycles. The van der Waals surface area contributed by atoms with Crippen LogP contribution < -0.4 is 10.1 Å². The molecule has 0 spiro atoms. The minimum absolute atomic E-state index is 0.134. The molecule has 1 N–H and O–H groups in total. The predicted molar refractivity (Wildman–Crippen MR) is 105 cm³/mol. The fraction of sp³-hybridized carbons (Fsp3) is 0.500. The summed E-state index contributed by atoms with van der Waals surface area (Å²) in [4.78, 5) is 12.5. The maximum absolute atomic E-state index is 12.5. The first kappa shape index (κ1) is 18.6. The molecule has 2 aliphatic rings. The van der Waals surface area contributed by atoms with E-state index in [1.807, 2.05) is 0 Å². The van der Waals surface area contributed by atoms with E-state index in [-0.39, 0.29) is 18.7 Å². The number of nitrogens with one attached hydrogen (secondary N) is 1. The lowest BCUT2D eigenvalue weighted by Gasteiger charge is -2.28. The van der Waals surface area contributed by atoms with E-state index in [9.17, 15) is 4.79 Å². The van der Waals surface area contributed by atoms with Gasteiger partial charge in [0, 0.05) is 12.2 Å². The van der Waals surface area contributed by atoms with Gasteiger partial charge in [0.2, 0.25) is 0 Å². The zero-order valence-corrected chi connectivity index (χ0v) is 16.7. The maximum Gasteiger partial charge on any atom is 0.271 e. The Bertz CT molecular complexity index is 838. The number of ether oxygens (including phenoxy) is 1. The van der Waals surface area contributed by atoms with Gasteiger partial charge in [-0.15, -0.1) is 0 Å². The van der Waals surface area contributed by atoms with Gasteiger partial charge in [-0.25, -0.2) is 4.68 Å². The highest BCUT2D eigenvalue weighted by Crippen LogP contribution is 2.49. The van der Waals surface area contributed by atoms with Crippen molar-refractivity contribution < 1.29 is 9.53 Å². The lowest BCUT2D eigenvalue weighted by Crippen LogP contribution is -2.40. The number of hydrogen-bond donors (Lipinski definition) is 1. The molecule has 7 heteroatoms. The number of aromatic nitrogens is 2. The summed E-state index contributed by atoms with van der Waals surface area (Å²) in [6.07, 6.45) is 6.98. The van der Waals surface area contributed by atoms with E-state index in [2.05, 4.69) is 17.3 Å². The van der Waals surface area contributed by atoms with Crippen LogP contribution in [0.3, 0.4) is 0 Å². The Morgan fingerprint density at radius 2 is 2.19 bits per heavy atom. The first-order valence-electron chi connectivity index (χ1n) is 9.42. The van der Waals surface area contributed by atoms with E-state index >= 15 is 0 Å². The summed E-state index contributed by atoms with van der Waals surface area (Å²) >= 11 is 12.1. The SMILES string of the molecule is CC(NC(=O)c1ccn(COc2cccc(Cl)c2Cl)n1)C1CC2CCC1C2. The number of halogens is 2. The van der Waals surface area contributed by atoms with Crippen LogP contribution in [0.4, 0.5) is 0 Å². The number of benzene rings is 1. The summed E-state index contributed by atoms with van der Waals surface area (Å²) in [7, 11) is 0. The molecule has 0 saturated heterocycles. The molecule has 2 aromatic rings. The predicted octanol–water partition coefficient (Wildman–Crippen LogP) is 4.78. The van der Waals surface area contributed by atoms with Crippen LogP contribution in [0.1, 0.15) is 43.1 Å². The molecule has 27 heavy (non-hydrogen) atoms. The molecule has 2 saturated carbocycles. The molecule has 5 nitrogen and oxygen atoms in total. The highest BCUT2D eigenvalue weighted by Gasteiger charge is 2.42. The average molecular weight is 408 g/mol. The lowest BCUT2D eigenvalue weighted by atomic mass is 9.84. The minimum Gasteiger partial charge on any atom is -0.470 e. The van der Waals surface area contributed by atoms with Crippen molar-refractivity contribution in [2.45, 2.75) is 45.4 Å². The number of carbonyl (C=O) groups excluding carboxylic acids is 1. The van der Waals surface area contributed by atoms with Gasteiger partial charge in [0.25, 0.3) is 5.91 Å². The Labute approximate surface area is 169 Å². The van der Waals surface area contributed by atoms with Crippen molar-refractivity contribution in [2.24, 2.45) is 17.8 Å². The van der Waals surface area contributed by atoms with Gasteiger partial charge < -0.3 is 10.1 Å². The highest BCUT2D eigenvalue weighted by molar-refractivity contribution is 6.42. The summed E-state index contributed by atoms with van der Waals surface area (Å²) < 4.78 is 7.21. The fourth-order valence-corrected chi connectivity index (χ4v) is 4.93. The third kappa shape index (κ3) is 3.94. The van der Waals surface area contributed by atoms with Crippen LogP contribution in [0.2, 0.25) is 10.0 Å². The standard InChI is InChI=1S/C20H23Cl2N3O2/c1-12(15-10-13-5-6-14(15)9-13)23-20(26)17-7-8-25(24-17)11-27-18-4-2-3-16(21)19(18)22/h2-4,7-8,12-15H,5-6,9-11H2,1H3,(H,23,26). The van der Waals surface area contributed by atoms with Crippen molar-refractivity contribution in [3.05, 3.63) is 46.2 Å². The molecule has 4 atom stereocenters. The van der Waals surface area contributed by atoms with E-state index in [1.165, 1.54) is 25.7 Å². The van der Waals surface area contributed by atoms with E-state index in [4.69, 9.17) is 27.9 Å². The molecule has 144 valence electrons. The Morgan fingerprint density at radius 1 is 1.33 bits per heavy atom. The third-order valence-electron chi connectivity index (χ3n) is 5.94. The highest BCUT2D eigenvalue weighted by atomic mass is 35.5. The van der Waals surface area contributed by atoms with Crippen molar-refractivity contribution in [3.63, 3.8) is 0 Å². The molecule has 4 unspecified atom stereocenters. The van der Waals surface area contributed by atoms with Crippen LogP contribution in [-0.4, -0.2) is 21.7 Å². The second kappa shape index (κ2) is 7.72. The Morgan fingerprint density at radius 3 is 2.93 bits per heavy atom. The van der Waals surface area contributed by atoms with Gasteiger partial charge in [-0.2, -0.15) is 5.10 Å². The van der Waals surface area contributed by atoms with Crippen LogP contribution in [0.15, 0.2) is 30.5 Å². The Hall–Kier alpha value is -1.72. The summed E-state index contributed by atoms with van der Waals surface area (Å²) in [6, 6.07) is 7.08. The molecule has 2 bridgehead atoms. The first-order chi connectivity index (χ1) is 13.0. The van der Waals surface area contributed by atoms with Crippen LogP contribution in [0.5, 0.6) is 5.75 Å². The molecule has 2 aliphatic carbocycles.